The number of Topliss-reactive ketones (excluding diaryl/α,β-unsaturated/α-hetero) is 1. The maximum Gasteiger partial charge on any atom is 0.376 e. The van der Waals surface area contributed by atoms with Gasteiger partial charge in [-0.1, -0.05) is 30.3 Å². The molecule has 6 heteroatoms. The van der Waals surface area contributed by atoms with Crippen LogP contribution in [0.4, 0.5) is 0 Å². The number of esters is 1. The first-order valence-electron chi connectivity index (χ1n) is 5.29. The number of nitrogens with two attached hydrogens (primary N) is 2. The number of ketones is 1. The Morgan fingerprint density at radius 2 is 1.78 bits per heavy atom. The molecule has 0 aliphatic carbocycles. The van der Waals surface area contributed by atoms with Crippen molar-refractivity contribution in [2.75, 3.05) is 0 Å². The Bertz CT molecular complexity index is 445. The summed E-state index contributed by atoms with van der Waals surface area (Å²) < 4.78 is 4.77. The molecule has 4 N–H and O–H groups in total. The van der Waals surface area contributed by atoms with E-state index in [-0.39, 0.29) is 13.0 Å². The molecule has 1 rings (SSSR count). The van der Waals surface area contributed by atoms with Crippen LogP contribution in [0.2, 0.25) is 0 Å². The van der Waals surface area contributed by atoms with Crippen LogP contribution in [-0.4, -0.2) is 23.7 Å². The lowest BCUT2D eigenvalue weighted by molar-refractivity contribution is -0.155. The first-order valence-corrected chi connectivity index (χ1v) is 5.29. The molecular formula is C12H14N2O4. The van der Waals surface area contributed by atoms with E-state index in [1.54, 1.807) is 24.3 Å². The molecule has 0 bridgehead atoms. The average Bonchev–Trinajstić information content (AvgIpc) is 2.35. The second-order valence-corrected chi connectivity index (χ2v) is 3.70. The second kappa shape index (κ2) is 6.51. The summed E-state index contributed by atoms with van der Waals surface area (Å²) in [6.07, 6.45) is -0.376. The molecule has 1 amide bonds. The summed E-state index contributed by atoms with van der Waals surface area (Å²) in [5, 5.41) is 0. The average molecular weight is 250 g/mol. The highest BCUT2D eigenvalue weighted by Gasteiger charge is 2.24. The molecule has 96 valence electrons. The summed E-state index contributed by atoms with van der Waals surface area (Å²) in [7, 11) is 0. The normalized spacial score (nSPS) is 11.6. The predicted octanol–water partition coefficient (Wildman–Crippen LogP) is -0.498. The lowest BCUT2D eigenvalue weighted by atomic mass is 10.1. The van der Waals surface area contributed by atoms with Gasteiger partial charge in [-0.25, -0.2) is 4.79 Å². The molecule has 0 heterocycles. The molecule has 0 radical (unpaired) electrons. The summed E-state index contributed by atoms with van der Waals surface area (Å²) in [5.41, 5.74) is 11.0. The number of rotatable bonds is 6. The Kier molecular flexibility index (Phi) is 5.01. The minimum atomic E-state index is -1.24. The van der Waals surface area contributed by atoms with Gasteiger partial charge in [-0.15, -0.1) is 0 Å². The molecule has 0 fully saturated rings. The van der Waals surface area contributed by atoms with E-state index in [2.05, 4.69) is 0 Å². The lowest BCUT2D eigenvalue weighted by Gasteiger charge is -2.08. The first-order chi connectivity index (χ1) is 8.50. The summed E-state index contributed by atoms with van der Waals surface area (Å²) >= 11 is 0. The number of ether oxygens (including phenoxy) is 1. The van der Waals surface area contributed by atoms with Crippen molar-refractivity contribution in [2.24, 2.45) is 11.5 Å². The van der Waals surface area contributed by atoms with Crippen molar-refractivity contribution in [3.8, 4) is 0 Å². The fraction of sp³-hybridized carbons (Fsp3) is 0.250. The van der Waals surface area contributed by atoms with Crippen LogP contribution in [0.5, 0.6) is 0 Å². The molecule has 1 atom stereocenters. The summed E-state index contributed by atoms with van der Waals surface area (Å²) in [6, 6.07) is 7.64. The monoisotopic (exact) mass is 250 g/mol. The third kappa shape index (κ3) is 4.34. The second-order valence-electron chi connectivity index (χ2n) is 3.70. The van der Waals surface area contributed by atoms with Crippen molar-refractivity contribution >= 4 is 17.7 Å². The van der Waals surface area contributed by atoms with E-state index in [0.29, 0.717) is 0 Å². The van der Waals surface area contributed by atoms with E-state index < -0.39 is 23.7 Å². The number of carbonyl (C=O) groups is 3. The topological polar surface area (TPSA) is 112 Å². The minimum absolute atomic E-state index is 0.0191. The smallest absolute Gasteiger partial charge is 0.376 e. The Labute approximate surface area is 104 Å². The van der Waals surface area contributed by atoms with Crippen molar-refractivity contribution in [2.45, 2.75) is 19.1 Å². The number of primary amides is 1. The van der Waals surface area contributed by atoms with Gasteiger partial charge in [0, 0.05) is 6.42 Å². The van der Waals surface area contributed by atoms with E-state index in [0.717, 1.165) is 5.56 Å². The van der Waals surface area contributed by atoms with Crippen molar-refractivity contribution < 1.29 is 19.1 Å². The molecule has 18 heavy (non-hydrogen) atoms. The fourth-order valence-electron chi connectivity index (χ4n) is 1.26. The largest absolute Gasteiger partial charge is 0.455 e. The van der Waals surface area contributed by atoms with Gasteiger partial charge < -0.3 is 16.2 Å². The Balaban J connectivity index is 2.45. The van der Waals surface area contributed by atoms with Crippen molar-refractivity contribution in [1.82, 2.24) is 0 Å². The SMILES string of the molecule is NC(=O)C[C@H](N)C(=O)C(=O)OCc1ccccc1. The van der Waals surface area contributed by atoms with Gasteiger partial charge in [0.2, 0.25) is 5.91 Å². The zero-order valence-electron chi connectivity index (χ0n) is 9.67. The zero-order chi connectivity index (χ0) is 13.5. The highest BCUT2D eigenvalue weighted by molar-refractivity contribution is 6.36. The highest BCUT2D eigenvalue weighted by atomic mass is 16.5. The molecule has 0 aromatic heterocycles. The predicted molar refractivity (Wildman–Crippen MR) is 63.0 cm³/mol. The molecule has 0 saturated carbocycles. The van der Waals surface area contributed by atoms with E-state index >= 15 is 0 Å². The standard InChI is InChI=1S/C12H14N2O4/c13-9(6-10(14)15)11(16)12(17)18-7-8-4-2-1-3-5-8/h1-5,9H,6-7,13H2,(H2,14,15)/t9-/m0/s1. The number of hydrogen-bond donors (Lipinski definition) is 2. The van der Waals surface area contributed by atoms with Crippen molar-refractivity contribution in [3.05, 3.63) is 35.9 Å². The maximum absolute atomic E-state index is 11.4. The van der Waals surface area contributed by atoms with Crippen molar-refractivity contribution in [1.29, 1.82) is 0 Å². The van der Waals surface area contributed by atoms with Crippen LogP contribution in [-0.2, 0) is 25.7 Å². The van der Waals surface area contributed by atoms with Crippen LogP contribution in [0, 0.1) is 0 Å². The number of amides is 1. The molecule has 0 saturated heterocycles. The molecule has 0 unspecified atom stereocenters. The van der Waals surface area contributed by atoms with Gasteiger partial charge in [-0.05, 0) is 5.56 Å². The third-order valence-corrected chi connectivity index (χ3v) is 2.17. The minimum Gasteiger partial charge on any atom is -0.455 e. The summed E-state index contributed by atoms with van der Waals surface area (Å²) in [6.45, 7) is -0.0191. The van der Waals surface area contributed by atoms with Crippen LogP contribution in [0.1, 0.15) is 12.0 Å². The summed E-state index contributed by atoms with van der Waals surface area (Å²) in [5.74, 6) is -2.76. The van der Waals surface area contributed by atoms with Gasteiger partial charge in [-0.2, -0.15) is 0 Å². The molecule has 1 aromatic carbocycles. The van der Waals surface area contributed by atoms with Gasteiger partial charge in [0.15, 0.2) is 0 Å². The number of benzene rings is 1. The van der Waals surface area contributed by atoms with Gasteiger partial charge in [0.25, 0.3) is 5.78 Å². The lowest BCUT2D eigenvalue weighted by Crippen LogP contribution is -2.40. The van der Waals surface area contributed by atoms with Gasteiger partial charge in [-0.3, -0.25) is 9.59 Å². The van der Waals surface area contributed by atoms with E-state index in [4.69, 9.17) is 16.2 Å². The van der Waals surface area contributed by atoms with Crippen LogP contribution in [0.3, 0.4) is 0 Å². The highest BCUT2D eigenvalue weighted by Crippen LogP contribution is 2.02. The van der Waals surface area contributed by atoms with Crippen LogP contribution in [0.25, 0.3) is 0 Å². The van der Waals surface area contributed by atoms with E-state index in [9.17, 15) is 14.4 Å². The molecular weight excluding hydrogens is 236 g/mol. The maximum atomic E-state index is 11.4. The number of hydrogen-bond acceptors (Lipinski definition) is 5. The third-order valence-electron chi connectivity index (χ3n) is 2.17. The zero-order valence-corrected chi connectivity index (χ0v) is 9.67. The fourth-order valence-corrected chi connectivity index (χ4v) is 1.26. The Morgan fingerprint density at radius 3 is 2.33 bits per heavy atom. The van der Waals surface area contributed by atoms with E-state index in [1.165, 1.54) is 0 Å². The number of carbonyl (C=O) groups excluding carboxylic acids is 3. The van der Waals surface area contributed by atoms with Crippen molar-refractivity contribution in [3.63, 3.8) is 0 Å². The molecule has 1 aromatic rings. The molecule has 6 nitrogen and oxygen atoms in total. The van der Waals surface area contributed by atoms with Crippen LogP contribution >= 0.6 is 0 Å². The Hall–Kier alpha value is -2.21. The van der Waals surface area contributed by atoms with E-state index in [1.807, 2.05) is 6.07 Å². The van der Waals surface area contributed by atoms with Crippen LogP contribution < -0.4 is 11.5 Å². The van der Waals surface area contributed by atoms with Gasteiger partial charge in [0.1, 0.15) is 6.61 Å². The summed E-state index contributed by atoms with van der Waals surface area (Å²) in [4.78, 5) is 33.3. The van der Waals surface area contributed by atoms with Gasteiger partial charge in [0.05, 0.1) is 6.04 Å². The van der Waals surface area contributed by atoms with Gasteiger partial charge >= 0.3 is 5.97 Å². The molecule has 0 aliphatic rings. The molecule has 0 aliphatic heterocycles. The Morgan fingerprint density at radius 1 is 1.17 bits per heavy atom. The van der Waals surface area contributed by atoms with Crippen LogP contribution in [0.15, 0.2) is 30.3 Å². The molecule has 0 spiro atoms. The first kappa shape index (κ1) is 13.9. The quantitative estimate of drug-likeness (QED) is 0.522.